The molecule has 3 aliphatic heterocycles. The van der Waals surface area contributed by atoms with E-state index in [1.54, 1.807) is 15.9 Å². The van der Waals surface area contributed by atoms with Crippen LogP contribution in [0.1, 0.15) is 35.6 Å². The zero-order valence-electron chi connectivity index (χ0n) is 29.0. The molecule has 10 nitrogen and oxygen atoms in total. The average Bonchev–Trinajstić information content (AvgIpc) is 3.71. The van der Waals surface area contributed by atoms with Crippen molar-refractivity contribution in [3.63, 3.8) is 0 Å². The summed E-state index contributed by atoms with van der Waals surface area (Å²) >= 11 is 0. The fourth-order valence-electron chi connectivity index (χ4n) is 8.94. The van der Waals surface area contributed by atoms with Gasteiger partial charge >= 0.3 is 0 Å². The maximum absolute atomic E-state index is 14.9. The molecule has 4 aromatic carbocycles. The second kappa shape index (κ2) is 12.4. The van der Waals surface area contributed by atoms with Crippen LogP contribution in [0.4, 0.5) is 5.69 Å². The lowest BCUT2D eigenvalue weighted by Gasteiger charge is -2.37. The molecule has 0 bridgehead atoms. The third-order valence-electron chi connectivity index (χ3n) is 11.3. The van der Waals surface area contributed by atoms with Crippen molar-refractivity contribution in [1.82, 2.24) is 14.7 Å². The Balaban J connectivity index is 1.11. The van der Waals surface area contributed by atoms with Crippen LogP contribution in [0.15, 0.2) is 102 Å². The Morgan fingerprint density at radius 2 is 1.69 bits per heavy atom. The molecule has 1 aromatic heterocycles. The van der Waals surface area contributed by atoms with Gasteiger partial charge in [0, 0.05) is 23.6 Å². The van der Waals surface area contributed by atoms with E-state index in [4.69, 9.17) is 4.74 Å². The highest BCUT2D eigenvalue weighted by atomic mass is 28.4. The molecule has 1 saturated heterocycles. The van der Waals surface area contributed by atoms with E-state index >= 15 is 0 Å². The second-order valence-electron chi connectivity index (χ2n) is 14.8. The normalized spacial score (nSPS) is 24.4. The number of aromatic amines is 1. The number of aliphatic hydroxyl groups excluding tert-OH is 1. The summed E-state index contributed by atoms with van der Waals surface area (Å²) in [6, 6.07) is 30.1. The Morgan fingerprint density at radius 3 is 2.45 bits per heavy atom. The largest absolute Gasteiger partial charge is 0.432 e. The van der Waals surface area contributed by atoms with Crippen LogP contribution in [0.25, 0.3) is 16.6 Å². The van der Waals surface area contributed by atoms with Crippen LogP contribution >= 0.6 is 0 Å². The van der Waals surface area contributed by atoms with Gasteiger partial charge in [-0.1, -0.05) is 73.7 Å². The maximum atomic E-state index is 14.9. The number of benzene rings is 4. The second-order valence-corrected chi connectivity index (χ2v) is 18.7. The summed E-state index contributed by atoms with van der Waals surface area (Å²) in [4.78, 5) is 57.4. The molecular weight excluding hydrogens is 661 g/mol. The molecule has 4 heterocycles. The molecule has 262 valence electrons. The number of ether oxygens (including phenoxy) is 1. The molecule has 3 aliphatic rings. The number of fused-ring (bicyclic) bond motifs is 4. The summed E-state index contributed by atoms with van der Waals surface area (Å²) in [5.41, 5.74) is 3.87. The van der Waals surface area contributed by atoms with Crippen LogP contribution in [0.3, 0.4) is 0 Å². The first-order valence-corrected chi connectivity index (χ1v) is 20.6. The number of hydrogen-bond donors (Lipinski definition) is 3. The lowest BCUT2D eigenvalue weighted by molar-refractivity contribution is -0.151. The molecular formula is C40H42N4O6Si. The van der Waals surface area contributed by atoms with Gasteiger partial charge in [-0.15, -0.1) is 0 Å². The van der Waals surface area contributed by atoms with Gasteiger partial charge in [-0.3, -0.25) is 19.5 Å². The van der Waals surface area contributed by atoms with Gasteiger partial charge in [-0.2, -0.15) is 0 Å². The molecule has 5 aromatic rings. The average molecular weight is 703 g/mol. The van der Waals surface area contributed by atoms with E-state index < -0.39 is 31.5 Å². The number of rotatable bonds is 7. The van der Waals surface area contributed by atoms with Gasteiger partial charge < -0.3 is 24.4 Å². The van der Waals surface area contributed by atoms with Crippen LogP contribution in [0.5, 0.6) is 0 Å². The number of carbonyl (C=O) groups excluding carboxylic acids is 2. The summed E-state index contributed by atoms with van der Waals surface area (Å²) in [5, 5.41) is 14.1. The van der Waals surface area contributed by atoms with E-state index in [1.807, 2.05) is 111 Å². The highest BCUT2D eigenvalue weighted by Crippen LogP contribution is 2.59. The van der Waals surface area contributed by atoms with E-state index in [0.29, 0.717) is 24.0 Å². The SMILES string of the molecule is C[C@H]1[C@H]([Si](C)(C)O)[C@@H](CC(=O)N2Cc3ccccc3C[C@H]2CO)O[C@]12C(=O)N(Cc1cccc(-n3[nH]c4ccccc4c3=O)c1)c1ccccc12. The minimum atomic E-state index is -3.01. The number of anilines is 1. The van der Waals surface area contributed by atoms with Crippen molar-refractivity contribution in [2.45, 2.75) is 69.2 Å². The molecule has 0 unspecified atom stereocenters. The van der Waals surface area contributed by atoms with E-state index in [9.17, 15) is 24.3 Å². The predicted molar refractivity (Wildman–Crippen MR) is 197 cm³/mol. The van der Waals surface area contributed by atoms with Gasteiger partial charge in [0.15, 0.2) is 13.9 Å². The molecule has 1 fully saturated rings. The maximum Gasteiger partial charge on any atom is 0.279 e. The molecule has 51 heavy (non-hydrogen) atoms. The Bertz CT molecular complexity index is 2220. The number of carbonyl (C=O) groups is 2. The minimum Gasteiger partial charge on any atom is -0.432 e. The first kappa shape index (κ1) is 33.3. The zero-order chi connectivity index (χ0) is 35.7. The summed E-state index contributed by atoms with van der Waals surface area (Å²) in [5.74, 6) is -0.823. The van der Waals surface area contributed by atoms with Gasteiger partial charge in [-0.25, -0.2) is 4.68 Å². The van der Waals surface area contributed by atoms with Crippen LogP contribution in [0, 0.1) is 5.92 Å². The standard InChI is InChI=1S/C40H42N4O6Si/c1-25-37(51(2,3)49)35(21-36(46)42-23-28-13-5-4-12-27(28)20-30(42)24-45)50-40(25)32-16-7-9-18-34(32)43(39(40)48)22-26-11-10-14-29(19-26)44-38(47)31-15-6-8-17-33(31)41-44/h4-19,25,30,35,37,41,45,49H,20-24H2,1-3H3/t25-,30-,35+,37-,40+/m0/s1. The van der Waals surface area contributed by atoms with Gasteiger partial charge in [-0.05, 0) is 66.5 Å². The molecule has 2 amide bonds. The Hall–Kier alpha value is -4.81. The van der Waals surface area contributed by atoms with Crippen LogP contribution in [-0.2, 0) is 39.4 Å². The minimum absolute atomic E-state index is 0.0108. The van der Waals surface area contributed by atoms with Crippen molar-refractivity contribution >= 4 is 36.7 Å². The lowest BCUT2D eigenvalue weighted by Crippen LogP contribution is -2.48. The molecule has 0 saturated carbocycles. The molecule has 5 atom stereocenters. The quantitative estimate of drug-likeness (QED) is 0.205. The smallest absolute Gasteiger partial charge is 0.279 e. The fraction of sp³-hybridized carbons (Fsp3) is 0.325. The van der Waals surface area contributed by atoms with Gasteiger partial charge in [0.05, 0.1) is 54.0 Å². The van der Waals surface area contributed by atoms with Crippen molar-refractivity contribution in [2.75, 3.05) is 11.5 Å². The highest BCUT2D eigenvalue weighted by molar-refractivity contribution is 6.71. The Kier molecular flexibility index (Phi) is 8.14. The topological polar surface area (TPSA) is 128 Å². The highest BCUT2D eigenvalue weighted by Gasteiger charge is 2.66. The first-order valence-electron chi connectivity index (χ1n) is 17.6. The van der Waals surface area contributed by atoms with Crippen molar-refractivity contribution in [2.24, 2.45) is 5.92 Å². The lowest BCUT2D eigenvalue weighted by atomic mass is 9.82. The van der Waals surface area contributed by atoms with Crippen molar-refractivity contribution in [3.05, 3.63) is 130 Å². The van der Waals surface area contributed by atoms with Gasteiger partial charge in [0.2, 0.25) is 5.91 Å². The van der Waals surface area contributed by atoms with Gasteiger partial charge in [0.25, 0.3) is 11.5 Å². The molecule has 11 heteroatoms. The summed E-state index contributed by atoms with van der Waals surface area (Å²) in [6.45, 7) is 6.12. The molecule has 1 spiro atoms. The monoisotopic (exact) mass is 702 g/mol. The van der Waals surface area contributed by atoms with Crippen molar-refractivity contribution in [3.8, 4) is 5.69 Å². The number of para-hydroxylation sites is 2. The number of nitrogens with zero attached hydrogens (tertiary/aromatic N) is 3. The van der Waals surface area contributed by atoms with Crippen LogP contribution in [0.2, 0.25) is 18.6 Å². The van der Waals surface area contributed by atoms with Crippen molar-refractivity contribution < 1.29 is 24.2 Å². The molecule has 3 N–H and O–H groups in total. The van der Waals surface area contributed by atoms with Crippen molar-refractivity contribution in [1.29, 1.82) is 0 Å². The van der Waals surface area contributed by atoms with E-state index in [-0.39, 0.29) is 43.0 Å². The zero-order valence-corrected chi connectivity index (χ0v) is 30.0. The first-order chi connectivity index (χ1) is 24.5. The number of H-pyrrole nitrogens is 1. The summed E-state index contributed by atoms with van der Waals surface area (Å²) in [7, 11) is -3.01. The summed E-state index contributed by atoms with van der Waals surface area (Å²) < 4.78 is 8.45. The fourth-order valence-corrected chi connectivity index (χ4v) is 11.5. The van der Waals surface area contributed by atoms with Crippen LogP contribution < -0.4 is 10.5 Å². The number of hydrogen-bond acceptors (Lipinski definition) is 6. The Morgan fingerprint density at radius 1 is 0.961 bits per heavy atom. The molecule has 0 aliphatic carbocycles. The van der Waals surface area contributed by atoms with Gasteiger partial charge in [0.1, 0.15) is 0 Å². The number of amides is 2. The predicted octanol–water partition coefficient (Wildman–Crippen LogP) is 5.00. The number of nitrogens with one attached hydrogen (secondary N) is 1. The van der Waals surface area contributed by atoms with E-state index in [2.05, 4.69) is 5.10 Å². The summed E-state index contributed by atoms with van der Waals surface area (Å²) in [6.07, 6.45) is -0.154. The Labute approximate surface area is 297 Å². The van der Waals surface area contributed by atoms with Crippen LogP contribution in [-0.4, -0.2) is 63.5 Å². The number of aliphatic hydroxyl groups is 1. The third kappa shape index (κ3) is 5.38. The van der Waals surface area contributed by atoms with E-state index in [0.717, 1.165) is 33.5 Å². The third-order valence-corrected chi connectivity index (χ3v) is 13.8. The molecule has 0 radical (unpaired) electrons. The van der Waals surface area contributed by atoms with E-state index in [1.165, 1.54) is 4.68 Å². The molecule has 8 rings (SSSR count). The number of aromatic nitrogens is 2.